The highest BCUT2D eigenvalue weighted by Gasteiger charge is 2.10. The standard InChI is InChI=1S/C17H37NO2S/c1-4-6-8-10-12-14-17(13-11-9-7-5-2)15-16-18-21(3,19)20/h17-18H,4-16H2,1-3H3. The van der Waals surface area contributed by atoms with Gasteiger partial charge < -0.3 is 0 Å². The van der Waals surface area contributed by atoms with Crippen molar-refractivity contribution in [1.82, 2.24) is 4.72 Å². The van der Waals surface area contributed by atoms with Crippen LogP contribution in [0.15, 0.2) is 0 Å². The van der Waals surface area contributed by atoms with E-state index in [1.165, 1.54) is 76.9 Å². The number of sulfonamides is 1. The van der Waals surface area contributed by atoms with Gasteiger partial charge in [-0.25, -0.2) is 13.1 Å². The molecule has 0 rings (SSSR count). The van der Waals surface area contributed by atoms with Gasteiger partial charge in [0.05, 0.1) is 6.26 Å². The molecule has 128 valence electrons. The summed E-state index contributed by atoms with van der Waals surface area (Å²) in [5, 5.41) is 0. The fourth-order valence-corrected chi connectivity index (χ4v) is 3.27. The Morgan fingerprint density at radius 3 is 1.71 bits per heavy atom. The third-order valence-electron chi connectivity index (χ3n) is 4.10. The second kappa shape index (κ2) is 13.6. The number of unbranched alkanes of at least 4 members (excludes halogenated alkanes) is 7. The van der Waals surface area contributed by atoms with Gasteiger partial charge in [0.1, 0.15) is 0 Å². The Kier molecular flexibility index (Phi) is 13.5. The van der Waals surface area contributed by atoms with Crippen molar-refractivity contribution in [2.45, 2.75) is 90.9 Å². The number of rotatable bonds is 15. The predicted octanol–water partition coefficient (Wildman–Crippen LogP) is 4.87. The lowest BCUT2D eigenvalue weighted by molar-refractivity contribution is 0.382. The van der Waals surface area contributed by atoms with E-state index in [1.54, 1.807) is 0 Å². The molecule has 0 aromatic rings. The molecule has 21 heavy (non-hydrogen) atoms. The molecule has 1 N–H and O–H groups in total. The molecule has 0 heterocycles. The fourth-order valence-electron chi connectivity index (χ4n) is 2.78. The highest BCUT2D eigenvalue weighted by molar-refractivity contribution is 7.88. The summed E-state index contributed by atoms with van der Waals surface area (Å²) in [7, 11) is -3.03. The number of hydrogen-bond acceptors (Lipinski definition) is 2. The van der Waals surface area contributed by atoms with Crippen molar-refractivity contribution in [3.05, 3.63) is 0 Å². The third-order valence-corrected chi connectivity index (χ3v) is 4.83. The van der Waals surface area contributed by atoms with E-state index in [-0.39, 0.29) is 0 Å². The Morgan fingerprint density at radius 1 is 0.762 bits per heavy atom. The van der Waals surface area contributed by atoms with Crippen LogP contribution >= 0.6 is 0 Å². The number of hydrogen-bond donors (Lipinski definition) is 1. The lowest BCUT2D eigenvalue weighted by Crippen LogP contribution is -2.24. The quantitative estimate of drug-likeness (QED) is 0.438. The predicted molar refractivity (Wildman–Crippen MR) is 93.1 cm³/mol. The van der Waals surface area contributed by atoms with Crippen LogP contribution in [0.4, 0.5) is 0 Å². The van der Waals surface area contributed by atoms with Crippen LogP contribution in [0.3, 0.4) is 0 Å². The van der Waals surface area contributed by atoms with Crippen LogP contribution in [0, 0.1) is 5.92 Å². The van der Waals surface area contributed by atoms with Crippen LogP contribution in [0.2, 0.25) is 0 Å². The van der Waals surface area contributed by atoms with Gasteiger partial charge in [-0.1, -0.05) is 84.5 Å². The minimum Gasteiger partial charge on any atom is -0.215 e. The summed E-state index contributed by atoms with van der Waals surface area (Å²) >= 11 is 0. The zero-order chi connectivity index (χ0) is 16.0. The molecule has 1 unspecified atom stereocenters. The summed E-state index contributed by atoms with van der Waals surface area (Å²) in [5.74, 6) is 0.692. The molecule has 0 aromatic heterocycles. The molecular formula is C17H37NO2S. The number of nitrogens with one attached hydrogen (secondary N) is 1. The van der Waals surface area contributed by atoms with Crippen molar-refractivity contribution < 1.29 is 8.42 Å². The van der Waals surface area contributed by atoms with Gasteiger partial charge in [-0.3, -0.25) is 0 Å². The minimum atomic E-state index is -3.03. The molecule has 0 saturated carbocycles. The van der Waals surface area contributed by atoms with Crippen molar-refractivity contribution in [1.29, 1.82) is 0 Å². The zero-order valence-corrected chi connectivity index (χ0v) is 15.3. The molecule has 0 amide bonds. The summed E-state index contributed by atoms with van der Waals surface area (Å²) in [5.41, 5.74) is 0. The van der Waals surface area contributed by atoms with E-state index in [0.29, 0.717) is 12.5 Å². The van der Waals surface area contributed by atoms with Gasteiger partial charge in [0, 0.05) is 6.54 Å². The van der Waals surface area contributed by atoms with Gasteiger partial charge in [0.25, 0.3) is 0 Å². The van der Waals surface area contributed by atoms with E-state index in [2.05, 4.69) is 18.6 Å². The Bertz CT molecular complexity index is 315. The third kappa shape index (κ3) is 16.1. The zero-order valence-electron chi connectivity index (χ0n) is 14.5. The average molecular weight is 320 g/mol. The molecule has 0 aliphatic rings. The Hall–Kier alpha value is -0.0900. The van der Waals surface area contributed by atoms with Crippen molar-refractivity contribution in [2.24, 2.45) is 5.92 Å². The van der Waals surface area contributed by atoms with Gasteiger partial charge in [-0.2, -0.15) is 0 Å². The van der Waals surface area contributed by atoms with E-state index in [4.69, 9.17) is 0 Å². The SMILES string of the molecule is CCCCCCCC(CCCCCC)CCNS(C)(=O)=O. The van der Waals surface area contributed by atoms with E-state index in [0.717, 1.165) is 6.42 Å². The summed E-state index contributed by atoms with van der Waals surface area (Å²) in [4.78, 5) is 0. The van der Waals surface area contributed by atoms with Crippen molar-refractivity contribution in [3.8, 4) is 0 Å². The lowest BCUT2D eigenvalue weighted by Gasteiger charge is -2.17. The first kappa shape index (κ1) is 20.9. The minimum absolute atomic E-state index is 0.603. The van der Waals surface area contributed by atoms with Gasteiger partial charge in [-0.05, 0) is 12.3 Å². The summed E-state index contributed by atoms with van der Waals surface area (Å²) in [6.45, 7) is 5.08. The maximum absolute atomic E-state index is 11.1. The highest BCUT2D eigenvalue weighted by atomic mass is 32.2. The topological polar surface area (TPSA) is 46.2 Å². The van der Waals surface area contributed by atoms with Gasteiger partial charge in [-0.15, -0.1) is 0 Å². The fraction of sp³-hybridized carbons (Fsp3) is 1.00. The molecule has 0 bridgehead atoms. The maximum atomic E-state index is 11.1. The first-order chi connectivity index (χ1) is 9.99. The second-order valence-electron chi connectivity index (χ2n) is 6.37. The summed E-state index contributed by atoms with van der Waals surface area (Å²) in [6, 6.07) is 0. The van der Waals surface area contributed by atoms with Gasteiger partial charge >= 0.3 is 0 Å². The molecule has 4 heteroatoms. The second-order valence-corrected chi connectivity index (χ2v) is 8.21. The first-order valence-corrected chi connectivity index (χ1v) is 10.8. The van der Waals surface area contributed by atoms with Crippen LogP contribution in [0.5, 0.6) is 0 Å². The molecule has 0 spiro atoms. The lowest BCUT2D eigenvalue weighted by atomic mass is 9.92. The van der Waals surface area contributed by atoms with Crippen molar-refractivity contribution in [2.75, 3.05) is 12.8 Å². The Labute approximate surface area is 133 Å². The molecule has 3 nitrogen and oxygen atoms in total. The van der Waals surface area contributed by atoms with Crippen molar-refractivity contribution >= 4 is 10.0 Å². The molecule has 0 saturated heterocycles. The monoisotopic (exact) mass is 319 g/mol. The van der Waals surface area contributed by atoms with E-state index in [9.17, 15) is 8.42 Å². The van der Waals surface area contributed by atoms with Crippen molar-refractivity contribution in [3.63, 3.8) is 0 Å². The van der Waals surface area contributed by atoms with Gasteiger partial charge in [0.15, 0.2) is 0 Å². The van der Waals surface area contributed by atoms with Crippen LogP contribution < -0.4 is 4.72 Å². The molecule has 1 atom stereocenters. The molecule has 0 fully saturated rings. The van der Waals surface area contributed by atoms with E-state index < -0.39 is 10.0 Å². The summed E-state index contributed by atoms with van der Waals surface area (Å²) < 4.78 is 24.9. The van der Waals surface area contributed by atoms with E-state index in [1.807, 2.05) is 0 Å². The molecule has 0 aliphatic heterocycles. The van der Waals surface area contributed by atoms with Crippen LogP contribution in [0.25, 0.3) is 0 Å². The van der Waals surface area contributed by atoms with Crippen LogP contribution in [0.1, 0.15) is 90.9 Å². The van der Waals surface area contributed by atoms with Crippen LogP contribution in [-0.4, -0.2) is 21.2 Å². The largest absolute Gasteiger partial charge is 0.215 e. The smallest absolute Gasteiger partial charge is 0.208 e. The summed E-state index contributed by atoms with van der Waals surface area (Å²) in [6.07, 6.45) is 16.6. The molecule has 0 aliphatic carbocycles. The Morgan fingerprint density at radius 2 is 1.24 bits per heavy atom. The Balaban J connectivity index is 3.90. The highest BCUT2D eigenvalue weighted by Crippen LogP contribution is 2.21. The molecule has 0 radical (unpaired) electrons. The van der Waals surface area contributed by atoms with Crippen LogP contribution in [-0.2, 0) is 10.0 Å². The van der Waals surface area contributed by atoms with E-state index >= 15 is 0 Å². The normalized spacial score (nSPS) is 13.5. The maximum Gasteiger partial charge on any atom is 0.208 e. The average Bonchev–Trinajstić information content (AvgIpc) is 2.41. The first-order valence-electron chi connectivity index (χ1n) is 8.94. The molecule has 0 aromatic carbocycles. The molecular weight excluding hydrogens is 282 g/mol. The van der Waals surface area contributed by atoms with Gasteiger partial charge in [0.2, 0.25) is 10.0 Å².